The molecule has 0 aromatic carbocycles. The summed E-state index contributed by atoms with van der Waals surface area (Å²) < 4.78 is 5.01. The fraction of sp³-hybridized carbons (Fsp3) is 0.900. The molecule has 1 N–H and O–H groups in total. The molecule has 1 unspecified atom stereocenters. The van der Waals surface area contributed by atoms with Gasteiger partial charge in [0.1, 0.15) is 0 Å². The van der Waals surface area contributed by atoms with Crippen LogP contribution in [0.15, 0.2) is 0 Å². The van der Waals surface area contributed by atoms with E-state index < -0.39 is 0 Å². The van der Waals surface area contributed by atoms with Crippen LogP contribution >= 0.6 is 0 Å². The molecule has 15 heavy (non-hydrogen) atoms. The van der Waals surface area contributed by atoms with Crippen molar-refractivity contribution in [3.63, 3.8) is 0 Å². The minimum Gasteiger partial charge on any atom is -0.465 e. The van der Waals surface area contributed by atoms with Crippen molar-refractivity contribution in [3.05, 3.63) is 0 Å². The molecule has 0 aromatic heterocycles. The lowest BCUT2D eigenvalue weighted by Crippen LogP contribution is -2.49. The minimum atomic E-state index is -0.336. The molecule has 0 saturated carbocycles. The van der Waals surface area contributed by atoms with Crippen molar-refractivity contribution in [1.82, 2.24) is 9.96 Å². The smallest absolute Gasteiger partial charge is 0.313 e. The lowest BCUT2D eigenvalue weighted by atomic mass is 9.88. The maximum absolute atomic E-state index is 11.5. The molecular weight excluding hydrogens is 196 g/mol. The summed E-state index contributed by atoms with van der Waals surface area (Å²) in [6.07, 6.45) is 0.811. The maximum Gasteiger partial charge on any atom is 0.313 e. The van der Waals surface area contributed by atoms with Crippen molar-refractivity contribution in [2.24, 2.45) is 5.41 Å². The topological polar surface area (TPSA) is 53.0 Å². The standard InChI is InChI=1S/C10H18N2O3/c1-10(2-7-15-9(10)13)8-11-3-5-12(14)6-4-11/h14H,2-8H2,1H3. The van der Waals surface area contributed by atoms with E-state index in [4.69, 9.17) is 4.74 Å². The van der Waals surface area contributed by atoms with Crippen LogP contribution in [-0.2, 0) is 9.53 Å². The number of carbonyl (C=O) groups is 1. The van der Waals surface area contributed by atoms with Gasteiger partial charge in [0, 0.05) is 32.7 Å². The molecule has 0 radical (unpaired) electrons. The highest BCUT2D eigenvalue weighted by atomic mass is 16.5. The molecule has 5 nitrogen and oxygen atoms in total. The molecule has 0 spiro atoms. The van der Waals surface area contributed by atoms with Gasteiger partial charge in [0.2, 0.25) is 0 Å². The fourth-order valence-corrected chi connectivity index (χ4v) is 2.18. The molecule has 86 valence electrons. The van der Waals surface area contributed by atoms with Crippen LogP contribution in [0.3, 0.4) is 0 Å². The van der Waals surface area contributed by atoms with Crippen LogP contribution in [0.1, 0.15) is 13.3 Å². The Balaban J connectivity index is 1.88. The van der Waals surface area contributed by atoms with E-state index in [1.807, 2.05) is 6.92 Å². The molecule has 2 aliphatic heterocycles. The number of piperazine rings is 1. The van der Waals surface area contributed by atoms with E-state index >= 15 is 0 Å². The molecule has 0 amide bonds. The quantitative estimate of drug-likeness (QED) is 0.653. The Morgan fingerprint density at radius 3 is 2.60 bits per heavy atom. The van der Waals surface area contributed by atoms with Gasteiger partial charge in [0.25, 0.3) is 0 Å². The highest BCUT2D eigenvalue weighted by molar-refractivity contribution is 5.78. The number of ether oxygens (including phenoxy) is 1. The van der Waals surface area contributed by atoms with E-state index in [1.165, 1.54) is 5.06 Å². The van der Waals surface area contributed by atoms with Crippen molar-refractivity contribution in [2.75, 3.05) is 39.3 Å². The average Bonchev–Trinajstić information content (AvgIpc) is 2.51. The Morgan fingerprint density at radius 2 is 2.07 bits per heavy atom. The fourth-order valence-electron chi connectivity index (χ4n) is 2.18. The van der Waals surface area contributed by atoms with Crippen LogP contribution in [-0.4, -0.2) is 60.5 Å². The number of esters is 1. The third-order valence-corrected chi connectivity index (χ3v) is 3.30. The highest BCUT2D eigenvalue weighted by Gasteiger charge is 2.41. The summed E-state index contributed by atoms with van der Waals surface area (Å²) in [5, 5.41) is 10.5. The summed E-state index contributed by atoms with van der Waals surface area (Å²) in [7, 11) is 0. The number of hydrogen-bond acceptors (Lipinski definition) is 5. The molecule has 0 aliphatic carbocycles. The van der Waals surface area contributed by atoms with E-state index in [0.29, 0.717) is 19.7 Å². The second-order valence-corrected chi connectivity index (χ2v) is 4.68. The van der Waals surface area contributed by atoms with Gasteiger partial charge in [-0.2, -0.15) is 5.06 Å². The first-order valence-corrected chi connectivity index (χ1v) is 5.44. The van der Waals surface area contributed by atoms with Gasteiger partial charge < -0.3 is 9.94 Å². The molecule has 0 aromatic rings. The van der Waals surface area contributed by atoms with Gasteiger partial charge in [-0.3, -0.25) is 9.69 Å². The summed E-state index contributed by atoms with van der Waals surface area (Å²) in [6.45, 7) is 6.22. The van der Waals surface area contributed by atoms with Crippen LogP contribution in [0.2, 0.25) is 0 Å². The zero-order chi connectivity index (χ0) is 10.9. The second-order valence-electron chi connectivity index (χ2n) is 4.68. The number of hydrogen-bond donors (Lipinski definition) is 1. The van der Waals surface area contributed by atoms with Gasteiger partial charge in [-0.25, -0.2) is 0 Å². The summed E-state index contributed by atoms with van der Waals surface area (Å²) in [5.41, 5.74) is -0.336. The van der Waals surface area contributed by atoms with E-state index in [1.54, 1.807) is 0 Å². The van der Waals surface area contributed by atoms with Crippen molar-refractivity contribution in [3.8, 4) is 0 Å². The molecule has 1 atom stereocenters. The zero-order valence-electron chi connectivity index (χ0n) is 9.11. The molecule has 2 heterocycles. The predicted molar refractivity (Wildman–Crippen MR) is 53.5 cm³/mol. The number of nitrogens with zero attached hydrogens (tertiary/aromatic N) is 2. The van der Waals surface area contributed by atoms with Gasteiger partial charge in [-0.15, -0.1) is 0 Å². The highest BCUT2D eigenvalue weighted by Crippen LogP contribution is 2.30. The minimum absolute atomic E-state index is 0.0751. The van der Waals surface area contributed by atoms with Gasteiger partial charge in [-0.1, -0.05) is 0 Å². The Kier molecular flexibility index (Phi) is 2.95. The Morgan fingerprint density at radius 1 is 1.40 bits per heavy atom. The van der Waals surface area contributed by atoms with Gasteiger partial charge in [-0.05, 0) is 13.3 Å². The van der Waals surface area contributed by atoms with Gasteiger partial charge in [0.15, 0.2) is 0 Å². The predicted octanol–water partition coefficient (Wildman–Crippen LogP) is -0.0536. The number of carbonyl (C=O) groups excluding carboxylic acids is 1. The van der Waals surface area contributed by atoms with E-state index in [2.05, 4.69) is 4.90 Å². The zero-order valence-corrected chi connectivity index (χ0v) is 9.11. The molecule has 5 heteroatoms. The summed E-state index contributed by atoms with van der Waals surface area (Å²) in [6, 6.07) is 0. The molecule has 2 aliphatic rings. The average molecular weight is 214 g/mol. The third kappa shape index (κ3) is 2.30. The summed E-state index contributed by atoms with van der Waals surface area (Å²) >= 11 is 0. The maximum atomic E-state index is 11.5. The lowest BCUT2D eigenvalue weighted by molar-refractivity contribution is -0.148. The van der Waals surface area contributed by atoms with E-state index in [9.17, 15) is 10.0 Å². The first kappa shape index (κ1) is 10.9. The number of hydroxylamine groups is 2. The van der Waals surface area contributed by atoms with Crippen molar-refractivity contribution < 1.29 is 14.7 Å². The van der Waals surface area contributed by atoms with E-state index in [-0.39, 0.29) is 11.4 Å². The number of rotatable bonds is 2. The van der Waals surface area contributed by atoms with Gasteiger partial charge >= 0.3 is 5.97 Å². The van der Waals surface area contributed by atoms with Gasteiger partial charge in [0.05, 0.1) is 12.0 Å². The van der Waals surface area contributed by atoms with Crippen molar-refractivity contribution in [1.29, 1.82) is 0 Å². The monoisotopic (exact) mass is 214 g/mol. The summed E-state index contributed by atoms with van der Waals surface area (Å²) in [4.78, 5) is 13.7. The normalized spacial score (nSPS) is 34.4. The molecule has 2 saturated heterocycles. The molecular formula is C10H18N2O3. The SMILES string of the molecule is CC1(CN2CCN(O)CC2)CCOC1=O. The number of cyclic esters (lactones) is 1. The molecule has 2 fully saturated rings. The van der Waals surface area contributed by atoms with Crippen LogP contribution in [0, 0.1) is 5.41 Å². The van der Waals surface area contributed by atoms with Crippen LogP contribution < -0.4 is 0 Å². The second kappa shape index (κ2) is 4.08. The molecule has 0 bridgehead atoms. The Bertz CT molecular complexity index is 251. The Labute approximate surface area is 89.6 Å². The third-order valence-electron chi connectivity index (χ3n) is 3.30. The lowest BCUT2D eigenvalue weighted by Gasteiger charge is -2.34. The van der Waals surface area contributed by atoms with Crippen molar-refractivity contribution >= 4 is 5.97 Å². The largest absolute Gasteiger partial charge is 0.465 e. The molecule has 2 rings (SSSR count). The van der Waals surface area contributed by atoms with Crippen molar-refractivity contribution in [2.45, 2.75) is 13.3 Å². The van der Waals surface area contributed by atoms with Crippen LogP contribution in [0.4, 0.5) is 0 Å². The Hall–Kier alpha value is -0.650. The summed E-state index contributed by atoms with van der Waals surface area (Å²) in [5.74, 6) is -0.0751. The van der Waals surface area contributed by atoms with Crippen LogP contribution in [0.25, 0.3) is 0 Å². The van der Waals surface area contributed by atoms with Crippen LogP contribution in [0.5, 0.6) is 0 Å². The first-order chi connectivity index (χ1) is 7.10. The first-order valence-electron chi connectivity index (χ1n) is 5.44. The van der Waals surface area contributed by atoms with E-state index in [0.717, 1.165) is 26.1 Å².